The molecule has 3 heterocycles. The zero-order valence-corrected chi connectivity index (χ0v) is 17.0. The third-order valence-electron chi connectivity index (χ3n) is 5.28. The van der Waals surface area contributed by atoms with E-state index < -0.39 is 15.5 Å². The first-order valence-electron chi connectivity index (χ1n) is 9.31. The highest BCUT2D eigenvalue weighted by atomic mass is 32.2. The molecule has 1 saturated heterocycles. The van der Waals surface area contributed by atoms with Gasteiger partial charge in [0.2, 0.25) is 5.91 Å². The molecule has 1 atom stereocenters. The fourth-order valence-electron chi connectivity index (χ4n) is 3.78. The lowest BCUT2D eigenvalue weighted by molar-refractivity contribution is -0.115. The molecule has 1 fully saturated rings. The summed E-state index contributed by atoms with van der Waals surface area (Å²) >= 11 is 0. The first-order chi connectivity index (χ1) is 13.7. The van der Waals surface area contributed by atoms with Crippen molar-refractivity contribution in [2.75, 3.05) is 16.8 Å². The SMILES string of the molecule is Cc1nn([C@@H]2CCS(=O)(=O)C2)c(C)c1CC(=O)Nc1cc2ccccc2oc1=O. The van der Waals surface area contributed by atoms with E-state index in [1.807, 2.05) is 13.0 Å². The lowest BCUT2D eigenvalue weighted by Crippen LogP contribution is -2.20. The molecule has 29 heavy (non-hydrogen) atoms. The van der Waals surface area contributed by atoms with Gasteiger partial charge in [-0.3, -0.25) is 9.48 Å². The highest BCUT2D eigenvalue weighted by Gasteiger charge is 2.31. The molecule has 152 valence electrons. The number of fused-ring (bicyclic) bond motifs is 1. The van der Waals surface area contributed by atoms with Crippen LogP contribution in [0.2, 0.25) is 0 Å². The summed E-state index contributed by atoms with van der Waals surface area (Å²) in [5, 5.41) is 7.80. The van der Waals surface area contributed by atoms with Crippen molar-refractivity contribution in [1.82, 2.24) is 9.78 Å². The number of rotatable bonds is 4. The molecule has 0 spiro atoms. The van der Waals surface area contributed by atoms with Crippen molar-refractivity contribution < 1.29 is 17.6 Å². The first kappa shape index (κ1) is 19.4. The van der Waals surface area contributed by atoms with Crippen LogP contribution in [0.5, 0.6) is 0 Å². The minimum absolute atomic E-state index is 0.0312. The molecule has 2 aromatic heterocycles. The van der Waals surface area contributed by atoms with E-state index in [0.29, 0.717) is 23.1 Å². The molecule has 3 aromatic rings. The average Bonchev–Trinajstić information content (AvgIpc) is 3.16. The Bertz CT molecular complexity index is 1270. The monoisotopic (exact) mass is 415 g/mol. The van der Waals surface area contributed by atoms with Gasteiger partial charge in [-0.05, 0) is 32.4 Å². The van der Waals surface area contributed by atoms with Gasteiger partial charge >= 0.3 is 5.63 Å². The summed E-state index contributed by atoms with van der Waals surface area (Å²) in [6.45, 7) is 3.62. The van der Waals surface area contributed by atoms with Crippen LogP contribution < -0.4 is 10.9 Å². The van der Waals surface area contributed by atoms with Crippen LogP contribution in [-0.4, -0.2) is 35.6 Å². The Hall–Kier alpha value is -2.94. The molecule has 0 aliphatic carbocycles. The summed E-state index contributed by atoms with van der Waals surface area (Å²) in [5.74, 6) is -0.139. The van der Waals surface area contributed by atoms with Crippen molar-refractivity contribution in [3.8, 4) is 0 Å². The molecule has 0 bridgehead atoms. The topological polar surface area (TPSA) is 111 Å². The number of aromatic nitrogens is 2. The molecule has 0 radical (unpaired) electrons. The third kappa shape index (κ3) is 3.82. The second-order valence-corrected chi connectivity index (χ2v) is 9.59. The molecule has 8 nitrogen and oxygen atoms in total. The number of nitrogens with zero attached hydrogens (tertiary/aromatic N) is 2. The van der Waals surface area contributed by atoms with Crippen molar-refractivity contribution in [2.45, 2.75) is 32.7 Å². The van der Waals surface area contributed by atoms with Crippen molar-refractivity contribution in [1.29, 1.82) is 0 Å². The molecular formula is C20H21N3O5S. The summed E-state index contributed by atoms with van der Waals surface area (Å²) < 4.78 is 30.5. The minimum atomic E-state index is -3.04. The second kappa shape index (κ2) is 7.14. The number of hydrogen-bond acceptors (Lipinski definition) is 6. The summed E-state index contributed by atoms with van der Waals surface area (Å²) in [6.07, 6.45) is 0.553. The standard InChI is InChI=1S/C20H21N3O5S/c1-12-16(13(2)23(22-12)15-7-8-29(26,27)11-15)10-19(24)21-17-9-14-5-3-4-6-18(14)28-20(17)25/h3-6,9,15H,7-8,10-11H2,1-2H3,(H,21,24)/t15-/m1/s1. The van der Waals surface area contributed by atoms with Crippen LogP contribution in [0.25, 0.3) is 11.0 Å². The minimum Gasteiger partial charge on any atom is -0.421 e. The van der Waals surface area contributed by atoms with Crippen LogP contribution in [-0.2, 0) is 21.1 Å². The summed E-state index contributed by atoms with van der Waals surface area (Å²) in [6, 6.07) is 8.45. The van der Waals surface area contributed by atoms with E-state index in [4.69, 9.17) is 4.42 Å². The summed E-state index contributed by atoms with van der Waals surface area (Å²) in [4.78, 5) is 24.7. The van der Waals surface area contributed by atoms with Gasteiger partial charge in [-0.2, -0.15) is 5.10 Å². The number of anilines is 1. The van der Waals surface area contributed by atoms with Gasteiger partial charge in [0.1, 0.15) is 11.3 Å². The fraction of sp³-hybridized carbons (Fsp3) is 0.350. The Morgan fingerprint density at radius 2 is 2.07 bits per heavy atom. The number of benzene rings is 1. The lowest BCUT2D eigenvalue weighted by atomic mass is 10.1. The predicted molar refractivity (Wildman–Crippen MR) is 109 cm³/mol. The maximum atomic E-state index is 12.6. The number of aryl methyl sites for hydroxylation is 1. The van der Waals surface area contributed by atoms with Gasteiger partial charge in [0, 0.05) is 16.6 Å². The normalized spacial score (nSPS) is 18.2. The van der Waals surface area contributed by atoms with Gasteiger partial charge in [-0.15, -0.1) is 0 Å². The van der Waals surface area contributed by atoms with Crippen LogP contribution >= 0.6 is 0 Å². The van der Waals surface area contributed by atoms with Crippen LogP contribution in [0.3, 0.4) is 0 Å². The van der Waals surface area contributed by atoms with Gasteiger partial charge in [0.05, 0.1) is 29.7 Å². The number of para-hydroxylation sites is 1. The fourth-order valence-corrected chi connectivity index (χ4v) is 5.47. The van der Waals surface area contributed by atoms with E-state index in [-0.39, 0.29) is 35.6 Å². The second-order valence-electron chi connectivity index (χ2n) is 7.36. The Morgan fingerprint density at radius 1 is 1.31 bits per heavy atom. The van der Waals surface area contributed by atoms with Crippen molar-refractivity contribution >= 4 is 32.4 Å². The van der Waals surface area contributed by atoms with Crippen molar-refractivity contribution in [3.63, 3.8) is 0 Å². The number of carbonyl (C=O) groups excluding carboxylic acids is 1. The predicted octanol–water partition coefficient (Wildman–Crippen LogP) is 2.15. The maximum Gasteiger partial charge on any atom is 0.360 e. The number of amides is 1. The number of carbonyl (C=O) groups is 1. The number of hydrogen-bond donors (Lipinski definition) is 1. The Kier molecular flexibility index (Phi) is 4.77. The van der Waals surface area contributed by atoms with Crippen molar-refractivity contribution in [2.24, 2.45) is 0 Å². The molecule has 1 amide bonds. The van der Waals surface area contributed by atoms with Gasteiger partial charge < -0.3 is 9.73 Å². The molecule has 1 aromatic carbocycles. The van der Waals surface area contributed by atoms with E-state index in [2.05, 4.69) is 10.4 Å². The van der Waals surface area contributed by atoms with Gasteiger partial charge in [-0.1, -0.05) is 18.2 Å². The third-order valence-corrected chi connectivity index (χ3v) is 7.03. The van der Waals surface area contributed by atoms with Crippen LogP contribution in [0.4, 0.5) is 5.69 Å². The van der Waals surface area contributed by atoms with E-state index in [1.165, 1.54) is 0 Å². The first-order valence-corrected chi connectivity index (χ1v) is 11.1. The van der Waals surface area contributed by atoms with E-state index >= 15 is 0 Å². The average molecular weight is 415 g/mol. The molecule has 0 unspecified atom stereocenters. The molecule has 1 N–H and O–H groups in total. The smallest absolute Gasteiger partial charge is 0.360 e. The van der Waals surface area contributed by atoms with Crippen LogP contribution in [0.1, 0.15) is 29.4 Å². The van der Waals surface area contributed by atoms with Crippen LogP contribution in [0.15, 0.2) is 39.5 Å². The Balaban J connectivity index is 1.55. The lowest BCUT2D eigenvalue weighted by Gasteiger charge is -2.11. The zero-order chi connectivity index (χ0) is 20.8. The maximum absolute atomic E-state index is 12.6. The molecule has 1 aliphatic heterocycles. The van der Waals surface area contributed by atoms with E-state index in [1.54, 1.807) is 35.9 Å². The summed E-state index contributed by atoms with van der Waals surface area (Å²) in [5.41, 5.74) is 2.10. The number of sulfone groups is 1. The van der Waals surface area contributed by atoms with Gasteiger partial charge in [0.25, 0.3) is 0 Å². The number of nitrogens with one attached hydrogen (secondary N) is 1. The molecular weight excluding hydrogens is 394 g/mol. The Labute approximate surface area is 167 Å². The highest BCUT2D eigenvalue weighted by Crippen LogP contribution is 2.27. The van der Waals surface area contributed by atoms with Gasteiger partial charge in [-0.25, -0.2) is 13.2 Å². The quantitative estimate of drug-likeness (QED) is 0.654. The zero-order valence-electron chi connectivity index (χ0n) is 16.1. The van der Waals surface area contributed by atoms with Crippen LogP contribution in [0, 0.1) is 13.8 Å². The summed E-state index contributed by atoms with van der Waals surface area (Å²) in [7, 11) is -3.04. The molecule has 4 rings (SSSR count). The molecule has 9 heteroatoms. The molecule has 0 saturated carbocycles. The molecule has 1 aliphatic rings. The van der Waals surface area contributed by atoms with Gasteiger partial charge in [0.15, 0.2) is 9.84 Å². The largest absolute Gasteiger partial charge is 0.421 e. The van der Waals surface area contributed by atoms with E-state index in [0.717, 1.165) is 11.3 Å². The Morgan fingerprint density at radius 3 is 2.79 bits per heavy atom. The van der Waals surface area contributed by atoms with Crippen molar-refractivity contribution in [3.05, 3.63) is 57.7 Å². The van der Waals surface area contributed by atoms with E-state index in [9.17, 15) is 18.0 Å². The highest BCUT2D eigenvalue weighted by molar-refractivity contribution is 7.91.